The van der Waals surface area contributed by atoms with Gasteiger partial charge in [-0.2, -0.15) is 0 Å². The maximum absolute atomic E-state index is 12.4. The van der Waals surface area contributed by atoms with Crippen LogP contribution in [0.5, 0.6) is 0 Å². The Balaban J connectivity index is 1.56. The Morgan fingerprint density at radius 2 is 2.04 bits per heavy atom. The normalized spacial score (nSPS) is 13.8. The van der Waals surface area contributed by atoms with Crippen molar-refractivity contribution in [2.45, 2.75) is 24.0 Å². The van der Waals surface area contributed by atoms with Gasteiger partial charge in [-0.25, -0.2) is 0 Å². The van der Waals surface area contributed by atoms with Crippen LogP contribution in [0.15, 0.2) is 53.9 Å². The van der Waals surface area contributed by atoms with Crippen LogP contribution in [0.1, 0.15) is 29.2 Å². The molecule has 0 spiro atoms. The first-order valence-electron chi connectivity index (χ1n) is 8.00. The van der Waals surface area contributed by atoms with Crippen molar-refractivity contribution in [3.63, 3.8) is 0 Å². The Hall–Kier alpha value is -2.18. The summed E-state index contributed by atoms with van der Waals surface area (Å²) < 4.78 is 2.13. The molecule has 3 aromatic rings. The quantitative estimate of drug-likeness (QED) is 0.478. The molecule has 1 fully saturated rings. The van der Waals surface area contributed by atoms with Crippen molar-refractivity contribution in [1.29, 1.82) is 0 Å². The van der Waals surface area contributed by atoms with Crippen LogP contribution in [-0.2, 0) is 0 Å². The highest BCUT2D eigenvalue weighted by molar-refractivity contribution is 7.99. The average Bonchev–Trinajstić information content (AvgIpc) is 3.40. The van der Waals surface area contributed by atoms with Gasteiger partial charge in [0, 0.05) is 29.6 Å². The molecule has 0 unspecified atom stereocenters. The molecule has 0 bridgehead atoms. The second kappa shape index (κ2) is 6.98. The molecule has 1 aliphatic carbocycles. The second-order valence-electron chi connectivity index (χ2n) is 5.84. The summed E-state index contributed by atoms with van der Waals surface area (Å²) in [7, 11) is 0. The van der Waals surface area contributed by atoms with E-state index in [9.17, 15) is 4.79 Å². The van der Waals surface area contributed by atoms with Crippen molar-refractivity contribution in [1.82, 2.24) is 19.7 Å². The minimum Gasteiger partial charge on any atom is -0.299 e. The van der Waals surface area contributed by atoms with Gasteiger partial charge in [0.1, 0.15) is 0 Å². The van der Waals surface area contributed by atoms with E-state index in [1.54, 1.807) is 24.5 Å². The first kappa shape index (κ1) is 16.3. The standard InChI is InChI=1S/C18H15ClN4OS/c19-15-6-2-1-5-14(15)16(24)11-25-18-22-21-17(23(18)13-7-8-13)12-4-3-9-20-10-12/h1-6,9-10,13H,7-8,11H2. The van der Waals surface area contributed by atoms with E-state index in [1.165, 1.54) is 11.8 Å². The third kappa shape index (κ3) is 3.45. The fraction of sp³-hybridized carbons (Fsp3) is 0.222. The van der Waals surface area contributed by atoms with Crippen LogP contribution in [0.2, 0.25) is 5.02 Å². The van der Waals surface area contributed by atoms with Gasteiger partial charge in [0.25, 0.3) is 0 Å². The Kier molecular flexibility index (Phi) is 4.55. The predicted molar refractivity (Wildman–Crippen MR) is 98.0 cm³/mol. The van der Waals surface area contributed by atoms with Crippen LogP contribution < -0.4 is 0 Å². The van der Waals surface area contributed by atoms with Gasteiger partial charge in [-0.3, -0.25) is 14.3 Å². The summed E-state index contributed by atoms with van der Waals surface area (Å²) in [5.41, 5.74) is 1.48. The van der Waals surface area contributed by atoms with Crippen LogP contribution in [-0.4, -0.2) is 31.3 Å². The van der Waals surface area contributed by atoms with Gasteiger partial charge in [-0.1, -0.05) is 35.5 Å². The van der Waals surface area contributed by atoms with Gasteiger partial charge >= 0.3 is 0 Å². The molecule has 0 aliphatic heterocycles. The lowest BCUT2D eigenvalue weighted by molar-refractivity contribution is 0.102. The molecule has 2 aromatic heterocycles. The fourth-order valence-electron chi connectivity index (χ4n) is 2.62. The fourth-order valence-corrected chi connectivity index (χ4v) is 3.75. The van der Waals surface area contributed by atoms with Crippen molar-refractivity contribution in [3.8, 4) is 11.4 Å². The molecule has 1 aromatic carbocycles. The van der Waals surface area contributed by atoms with Gasteiger partial charge in [0.15, 0.2) is 16.8 Å². The molecule has 1 aliphatic rings. The Morgan fingerprint density at radius 3 is 2.76 bits per heavy atom. The zero-order valence-corrected chi connectivity index (χ0v) is 14.9. The van der Waals surface area contributed by atoms with Gasteiger partial charge in [-0.05, 0) is 37.1 Å². The SMILES string of the molecule is O=C(CSc1nnc(-c2cccnc2)n1C1CC1)c1ccccc1Cl. The third-order valence-electron chi connectivity index (χ3n) is 4.00. The predicted octanol–water partition coefficient (Wildman–Crippen LogP) is 4.30. The summed E-state index contributed by atoms with van der Waals surface area (Å²) >= 11 is 7.51. The number of carbonyl (C=O) groups is 1. The van der Waals surface area contributed by atoms with E-state index in [0.717, 1.165) is 29.4 Å². The smallest absolute Gasteiger partial charge is 0.192 e. The number of ketones is 1. The number of rotatable bonds is 6. The number of pyridine rings is 1. The molecule has 1 saturated carbocycles. The van der Waals surface area contributed by atoms with Crippen LogP contribution >= 0.6 is 23.4 Å². The summed E-state index contributed by atoms with van der Waals surface area (Å²) in [6.07, 6.45) is 5.74. The number of Topliss-reactive ketones (excluding diaryl/α,β-unsaturated/α-hetero) is 1. The number of hydrogen-bond donors (Lipinski definition) is 0. The van der Waals surface area contributed by atoms with Crippen molar-refractivity contribution in [2.24, 2.45) is 0 Å². The number of thioether (sulfide) groups is 1. The van der Waals surface area contributed by atoms with Crippen LogP contribution in [0.4, 0.5) is 0 Å². The molecule has 0 radical (unpaired) electrons. The first-order valence-corrected chi connectivity index (χ1v) is 9.36. The maximum Gasteiger partial charge on any atom is 0.192 e. The highest BCUT2D eigenvalue weighted by Gasteiger charge is 2.30. The summed E-state index contributed by atoms with van der Waals surface area (Å²) in [5.74, 6) is 1.08. The zero-order chi connectivity index (χ0) is 17.2. The van der Waals surface area contributed by atoms with Crippen LogP contribution in [0.3, 0.4) is 0 Å². The third-order valence-corrected chi connectivity index (χ3v) is 5.28. The van der Waals surface area contributed by atoms with Gasteiger partial charge in [0.2, 0.25) is 0 Å². The zero-order valence-electron chi connectivity index (χ0n) is 13.3. The van der Waals surface area contributed by atoms with Gasteiger partial charge < -0.3 is 0 Å². The molecule has 7 heteroatoms. The minimum absolute atomic E-state index is 0.0103. The van der Waals surface area contributed by atoms with Crippen molar-refractivity contribution >= 4 is 29.1 Å². The molecule has 0 amide bonds. The van der Waals surface area contributed by atoms with E-state index in [4.69, 9.17) is 11.6 Å². The van der Waals surface area contributed by atoms with Crippen molar-refractivity contribution in [3.05, 3.63) is 59.4 Å². The van der Waals surface area contributed by atoms with E-state index in [0.29, 0.717) is 16.6 Å². The number of benzene rings is 1. The molecule has 5 nitrogen and oxygen atoms in total. The Bertz CT molecular complexity index is 908. The van der Waals surface area contributed by atoms with E-state index >= 15 is 0 Å². The van der Waals surface area contributed by atoms with E-state index in [1.807, 2.05) is 24.3 Å². The summed E-state index contributed by atoms with van der Waals surface area (Å²) in [5, 5.41) is 9.88. The lowest BCUT2D eigenvalue weighted by atomic mass is 10.1. The Labute approximate surface area is 154 Å². The molecule has 126 valence electrons. The molecule has 2 heterocycles. The molecule has 0 saturated heterocycles. The largest absolute Gasteiger partial charge is 0.299 e. The highest BCUT2D eigenvalue weighted by Crippen LogP contribution is 2.41. The van der Waals surface area contributed by atoms with Crippen molar-refractivity contribution < 1.29 is 4.79 Å². The lowest BCUT2D eigenvalue weighted by Gasteiger charge is -2.08. The molecular formula is C18H15ClN4OS. The molecular weight excluding hydrogens is 356 g/mol. The van der Waals surface area contributed by atoms with Gasteiger partial charge in [-0.15, -0.1) is 10.2 Å². The number of hydrogen-bond acceptors (Lipinski definition) is 5. The summed E-state index contributed by atoms with van der Waals surface area (Å²) in [6, 6.07) is 11.4. The van der Waals surface area contributed by atoms with E-state index in [-0.39, 0.29) is 11.5 Å². The summed E-state index contributed by atoms with van der Waals surface area (Å²) in [6.45, 7) is 0. The van der Waals surface area contributed by atoms with Crippen LogP contribution in [0.25, 0.3) is 11.4 Å². The van der Waals surface area contributed by atoms with Crippen molar-refractivity contribution in [2.75, 3.05) is 5.75 Å². The number of aromatic nitrogens is 4. The minimum atomic E-state index is -0.0103. The molecule has 25 heavy (non-hydrogen) atoms. The highest BCUT2D eigenvalue weighted by atomic mass is 35.5. The monoisotopic (exact) mass is 370 g/mol. The number of halogens is 1. The molecule has 0 N–H and O–H groups in total. The molecule has 4 rings (SSSR count). The average molecular weight is 371 g/mol. The lowest BCUT2D eigenvalue weighted by Crippen LogP contribution is -2.05. The molecule has 0 atom stereocenters. The number of carbonyl (C=O) groups excluding carboxylic acids is 1. The van der Waals surface area contributed by atoms with Crippen LogP contribution in [0, 0.1) is 0 Å². The maximum atomic E-state index is 12.4. The van der Waals surface area contributed by atoms with E-state index in [2.05, 4.69) is 19.7 Å². The van der Waals surface area contributed by atoms with Gasteiger partial charge in [0.05, 0.1) is 10.8 Å². The topological polar surface area (TPSA) is 60.7 Å². The second-order valence-corrected chi connectivity index (χ2v) is 7.19. The van der Waals surface area contributed by atoms with E-state index < -0.39 is 0 Å². The number of nitrogens with zero attached hydrogens (tertiary/aromatic N) is 4. The Morgan fingerprint density at radius 1 is 1.20 bits per heavy atom. The first-order chi connectivity index (χ1) is 12.2. The summed E-state index contributed by atoms with van der Waals surface area (Å²) in [4.78, 5) is 16.6.